The van der Waals surface area contributed by atoms with Crippen molar-refractivity contribution in [3.8, 4) is 17.2 Å². The number of fused-ring (bicyclic) bond motifs is 4. The smallest absolute Gasteiger partial charge is 0.194 e. The van der Waals surface area contributed by atoms with E-state index in [0.29, 0.717) is 23.6 Å². The largest absolute Gasteiger partial charge is 0.507 e. The van der Waals surface area contributed by atoms with Crippen molar-refractivity contribution in [3.63, 3.8) is 0 Å². The Kier molecular flexibility index (Phi) is 6.08. The average Bonchev–Trinajstić information content (AvgIpc) is 3.41. The predicted octanol–water partition coefficient (Wildman–Crippen LogP) is 3.99. The highest BCUT2D eigenvalue weighted by molar-refractivity contribution is 6.31. The number of phenolic OH excluding ortho intramolecular Hbond substituents is 2. The number of aromatic nitrogens is 3. The molecule has 0 saturated carbocycles. The average molecular weight is 531 g/mol. The fourth-order valence-corrected chi connectivity index (χ4v) is 5.49. The van der Waals surface area contributed by atoms with E-state index in [1.807, 2.05) is 28.8 Å². The fraction of sp³-hybridized carbons (Fsp3) is 0.345. The van der Waals surface area contributed by atoms with Gasteiger partial charge in [0.15, 0.2) is 28.8 Å². The standard InChI is InChI=1S/C29H30N4O6/c1-13(2)11-17(28-32-31-20-9-7-8-10-33(20)28)30-15(4)21-18(35)12-19-29(6,27(21)38)23-25(37)14(3)24(36)22(16(5)34)26(23)39-19/h7-10,12-13,17,30,36-37H,11H2,1-6H3/t17?,29-/m0/s1. The van der Waals surface area contributed by atoms with E-state index in [4.69, 9.17) is 4.74 Å². The predicted molar refractivity (Wildman–Crippen MR) is 142 cm³/mol. The molecule has 3 heterocycles. The molecule has 0 amide bonds. The summed E-state index contributed by atoms with van der Waals surface area (Å²) in [7, 11) is 0. The van der Waals surface area contributed by atoms with Gasteiger partial charge >= 0.3 is 0 Å². The second kappa shape index (κ2) is 9.07. The molecule has 0 radical (unpaired) electrons. The van der Waals surface area contributed by atoms with E-state index in [-0.39, 0.29) is 51.5 Å². The van der Waals surface area contributed by atoms with Crippen LogP contribution >= 0.6 is 0 Å². The number of carbonyl (C=O) groups excluding carboxylic acids is 3. The second-order valence-electron chi connectivity index (χ2n) is 10.7. The molecule has 202 valence electrons. The van der Waals surface area contributed by atoms with Gasteiger partial charge in [-0.15, -0.1) is 10.2 Å². The number of hydrogen-bond donors (Lipinski definition) is 3. The van der Waals surface area contributed by atoms with Crippen molar-refractivity contribution in [2.45, 2.75) is 59.4 Å². The van der Waals surface area contributed by atoms with Gasteiger partial charge < -0.3 is 20.3 Å². The highest BCUT2D eigenvalue weighted by Gasteiger charge is 2.56. The number of pyridine rings is 1. The zero-order chi connectivity index (χ0) is 28.4. The maximum absolute atomic E-state index is 14.1. The Bertz CT molecular complexity index is 1650. The van der Waals surface area contributed by atoms with Crippen molar-refractivity contribution in [1.82, 2.24) is 19.9 Å². The zero-order valence-corrected chi connectivity index (χ0v) is 22.6. The molecule has 3 N–H and O–H groups in total. The summed E-state index contributed by atoms with van der Waals surface area (Å²) in [6.45, 7) is 10.0. The number of ether oxygens (including phenoxy) is 1. The summed E-state index contributed by atoms with van der Waals surface area (Å²) in [5.41, 5.74) is -0.694. The molecular weight excluding hydrogens is 500 g/mol. The quantitative estimate of drug-likeness (QED) is 0.245. The molecule has 0 bridgehead atoms. The number of Topliss-reactive ketones (excluding diaryl/α,β-unsaturated/α-hetero) is 2. The number of carbonyl (C=O) groups is 3. The summed E-state index contributed by atoms with van der Waals surface area (Å²) in [6.07, 6.45) is 3.71. The first-order chi connectivity index (χ1) is 18.4. The van der Waals surface area contributed by atoms with E-state index >= 15 is 0 Å². The monoisotopic (exact) mass is 530 g/mol. The van der Waals surface area contributed by atoms with Crippen LogP contribution in [0.3, 0.4) is 0 Å². The number of nitrogens with zero attached hydrogens (tertiary/aromatic N) is 3. The van der Waals surface area contributed by atoms with Crippen molar-refractivity contribution >= 4 is 23.0 Å². The van der Waals surface area contributed by atoms with Crippen molar-refractivity contribution in [3.05, 3.63) is 70.0 Å². The Hall–Kier alpha value is -4.47. The zero-order valence-electron chi connectivity index (χ0n) is 22.6. The van der Waals surface area contributed by atoms with Gasteiger partial charge in [-0.25, -0.2) is 0 Å². The fourth-order valence-electron chi connectivity index (χ4n) is 5.49. The third kappa shape index (κ3) is 3.81. The lowest BCUT2D eigenvalue weighted by Crippen LogP contribution is -2.41. The van der Waals surface area contributed by atoms with Crippen LogP contribution in [0.4, 0.5) is 0 Å². The number of hydrogen-bond acceptors (Lipinski definition) is 9. The van der Waals surface area contributed by atoms with Crippen LogP contribution in [0.5, 0.6) is 17.2 Å². The summed E-state index contributed by atoms with van der Waals surface area (Å²) in [6, 6.07) is 5.22. The molecule has 1 aromatic carbocycles. The molecular formula is C29H30N4O6. The van der Waals surface area contributed by atoms with E-state index in [1.54, 1.807) is 13.8 Å². The minimum absolute atomic E-state index is 0.00553. The summed E-state index contributed by atoms with van der Waals surface area (Å²) in [5, 5.41) is 33.6. The van der Waals surface area contributed by atoms with Gasteiger partial charge in [-0.1, -0.05) is 19.9 Å². The lowest BCUT2D eigenvalue weighted by atomic mass is 9.70. The SMILES string of the molecule is CC(=O)c1c(O)c(C)c(O)c2c1OC1=CC(=O)C(=C(C)NC(CC(C)C)c3nnc4ccccn34)C(=O)[C@@]12C. The van der Waals surface area contributed by atoms with Crippen LogP contribution in [0.1, 0.15) is 74.4 Å². The molecule has 1 aliphatic heterocycles. The van der Waals surface area contributed by atoms with Crippen LogP contribution in [0.2, 0.25) is 0 Å². The van der Waals surface area contributed by atoms with E-state index in [0.717, 1.165) is 0 Å². The molecule has 0 spiro atoms. The van der Waals surface area contributed by atoms with Crippen LogP contribution in [0, 0.1) is 12.8 Å². The summed E-state index contributed by atoms with van der Waals surface area (Å²) < 4.78 is 7.71. The Balaban J connectivity index is 1.63. The van der Waals surface area contributed by atoms with Crippen LogP contribution < -0.4 is 10.1 Å². The highest BCUT2D eigenvalue weighted by Crippen LogP contribution is 2.57. The van der Waals surface area contributed by atoms with Crippen LogP contribution in [-0.4, -0.2) is 42.2 Å². The van der Waals surface area contributed by atoms with E-state index in [9.17, 15) is 24.6 Å². The van der Waals surface area contributed by atoms with E-state index in [1.165, 1.54) is 19.9 Å². The summed E-state index contributed by atoms with van der Waals surface area (Å²) >= 11 is 0. The van der Waals surface area contributed by atoms with E-state index in [2.05, 4.69) is 29.4 Å². The Morgan fingerprint density at radius 2 is 1.87 bits per heavy atom. The maximum Gasteiger partial charge on any atom is 0.194 e. The van der Waals surface area contributed by atoms with E-state index < -0.39 is 28.5 Å². The van der Waals surface area contributed by atoms with Gasteiger partial charge in [0.25, 0.3) is 0 Å². The van der Waals surface area contributed by atoms with Crippen LogP contribution in [0.25, 0.3) is 5.65 Å². The van der Waals surface area contributed by atoms with Gasteiger partial charge in [0.1, 0.15) is 34.0 Å². The molecule has 10 nitrogen and oxygen atoms in total. The van der Waals surface area contributed by atoms with Crippen LogP contribution in [0.15, 0.2) is 47.5 Å². The Labute approximate surface area is 225 Å². The van der Waals surface area contributed by atoms with Gasteiger partial charge in [0.05, 0.1) is 17.2 Å². The number of rotatable bonds is 6. The Morgan fingerprint density at radius 3 is 2.54 bits per heavy atom. The second-order valence-corrected chi connectivity index (χ2v) is 10.7. The van der Waals surface area contributed by atoms with Gasteiger partial charge in [0.2, 0.25) is 0 Å². The number of benzene rings is 1. The Morgan fingerprint density at radius 1 is 1.15 bits per heavy atom. The topological polar surface area (TPSA) is 143 Å². The molecule has 1 aliphatic carbocycles. The molecule has 39 heavy (non-hydrogen) atoms. The minimum Gasteiger partial charge on any atom is -0.507 e. The molecule has 3 aromatic rings. The molecule has 5 rings (SSSR count). The molecule has 2 aromatic heterocycles. The molecule has 10 heteroatoms. The maximum atomic E-state index is 14.1. The first kappa shape index (κ1) is 26.1. The highest BCUT2D eigenvalue weighted by atomic mass is 16.5. The van der Waals surface area contributed by atoms with Gasteiger partial charge in [-0.05, 0) is 52.2 Å². The number of ketones is 3. The summed E-state index contributed by atoms with van der Waals surface area (Å²) in [5.74, 6) is -1.66. The minimum atomic E-state index is -1.58. The molecule has 2 atom stereocenters. The lowest BCUT2D eigenvalue weighted by molar-refractivity contribution is -0.123. The third-order valence-electron chi connectivity index (χ3n) is 7.51. The summed E-state index contributed by atoms with van der Waals surface area (Å²) in [4.78, 5) is 39.9. The molecule has 0 saturated heterocycles. The van der Waals surface area contributed by atoms with Crippen molar-refractivity contribution in [2.75, 3.05) is 0 Å². The number of allylic oxidation sites excluding steroid dienone is 4. The van der Waals surface area contributed by atoms with Crippen LogP contribution in [-0.2, 0) is 15.0 Å². The van der Waals surface area contributed by atoms with Gasteiger partial charge in [-0.2, -0.15) is 0 Å². The normalized spacial score (nSPS) is 20.4. The number of aromatic hydroxyl groups is 2. The molecule has 2 aliphatic rings. The lowest BCUT2D eigenvalue weighted by Gasteiger charge is -2.30. The van der Waals surface area contributed by atoms with Crippen molar-refractivity contribution in [2.24, 2.45) is 5.92 Å². The first-order valence-corrected chi connectivity index (χ1v) is 12.7. The third-order valence-corrected chi connectivity index (χ3v) is 7.51. The molecule has 0 fully saturated rings. The van der Waals surface area contributed by atoms with Crippen molar-refractivity contribution in [1.29, 1.82) is 0 Å². The van der Waals surface area contributed by atoms with Gasteiger partial charge in [-0.3, -0.25) is 18.8 Å². The van der Waals surface area contributed by atoms with Crippen molar-refractivity contribution < 1.29 is 29.3 Å². The first-order valence-electron chi connectivity index (χ1n) is 12.7. The molecule has 1 unspecified atom stereocenters. The number of nitrogens with one attached hydrogen (secondary N) is 1. The number of phenols is 2. The van der Waals surface area contributed by atoms with Gasteiger partial charge in [0, 0.05) is 23.5 Å².